The lowest BCUT2D eigenvalue weighted by atomic mass is 10.1. The van der Waals surface area contributed by atoms with Gasteiger partial charge < -0.3 is 5.32 Å². The van der Waals surface area contributed by atoms with Gasteiger partial charge in [-0.05, 0) is 25.0 Å². The Morgan fingerprint density at radius 1 is 1.53 bits per heavy atom. The van der Waals surface area contributed by atoms with Crippen molar-refractivity contribution in [2.24, 2.45) is 5.92 Å². The van der Waals surface area contributed by atoms with Crippen molar-refractivity contribution in [3.63, 3.8) is 0 Å². The summed E-state index contributed by atoms with van der Waals surface area (Å²) in [5.74, 6) is 0.889. The molecule has 0 fully saturated rings. The molecule has 1 aromatic rings. The summed E-state index contributed by atoms with van der Waals surface area (Å²) >= 11 is 5.83. The van der Waals surface area contributed by atoms with E-state index in [1.54, 1.807) is 19.1 Å². The lowest BCUT2D eigenvalue weighted by molar-refractivity contribution is -0.116. The molecule has 0 unspecified atom stereocenters. The maximum absolute atomic E-state index is 11.4. The fraction of sp³-hybridized carbons (Fsp3) is 0.455. The summed E-state index contributed by atoms with van der Waals surface area (Å²) in [6.45, 7) is 5.81. The van der Waals surface area contributed by atoms with Crippen molar-refractivity contribution >= 4 is 23.3 Å². The second-order valence-electron chi connectivity index (χ2n) is 3.91. The molecule has 0 aromatic carbocycles. The molecule has 0 aliphatic carbocycles. The number of aryl methyl sites for hydroxylation is 1. The van der Waals surface area contributed by atoms with Crippen LogP contribution in [0.4, 0.5) is 5.82 Å². The number of anilines is 1. The van der Waals surface area contributed by atoms with Crippen molar-refractivity contribution in [1.29, 1.82) is 0 Å². The number of nitrogens with zero attached hydrogens (tertiary/aromatic N) is 1. The predicted molar refractivity (Wildman–Crippen MR) is 62.1 cm³/mol. The van der Waals surface area contributed by atoms with Gasteiger partial charge >= 0.3 is 0 Å². The standard InChI is InChI=1S/C11H15ClN2O/c1-7(2)6-11(15)14-10-5-4-9(12)8(3)13-10/h4-5,7H,6H2,1-3H3,(H,13,14,15). The van der Waals surface area contributed by atoms with E-state index in [1.165, 1.54) is 0 Å². The van der Waals surface area contributed by atoms with E-state index in [-0.39, 0.29) is 5.91 Å². The fourth-order valence-electron chi connectivity index (χ4n) is 1.18. The monoisotopic (exact) mass is 226 g/mol. The molecule has 3 nitrogen and oxygen atoms in total. The quantitative estimate of drug-likeness (QED) is 0.861. The Balaban J connectivity index is 2.65. The first-order chi connectivity index (χ1) is 6.99. The molecule has 0 bridgehead atoms. The number of carbonyl (C=O) groups is 1. The maximum Gasteiger partial charge on any atom is 0.225 e. The first-order valence-corrected chi connectivity index (χ1v) is 5.30. The van der Waals surface area contributed by atoms with Gasteiger partial charge in [0.2, 0.25) is 5.91 Å². The number of rotatable bonds is 3. The molecule has 0 saturated heterocycles. The van der Waals surface area contributed by atoms with E-state index in [1.807, 2.05) is 13.8 Å². The summed E-state index contributed by atoms with van der Waals surface area (Å²) < 4.78 is 0. The van der Waals surface area contributed by atoms with Crippen LogP contribution in [-0.2, 0) is 4.79 Å². The highest BCUT2D eigenvalue weighted by molar-refractivity contribution is 6.31. The zero-order valence-corrected chi connectivity index (χ0v) is 9.93. The molecule has 0 atom stereocenters. The van der Waals surface area contributed by atoms with E-state index in [0.29, 0.717) is 23.2 Å². The van der Waals surface area contributed by atoms with E-state index >= 15 is 0 Å². The number of nitrogens with one attached hydrogen (secondary N) is 1. The topological polar surface area (TPSA) is 42.0 Å². The molecule has 4 heteroatoms. The average molecular weight is 227 g/mol. The van der Waals surface area contributed by atoms with Gasteiger partial charge in [0.25, 0.3) is 0 Å². The molecule has 1 heterocycles. The fourth-order valence-corrected chi connectivity index (χ4v) is 1.28. The van der Waals surface area contributed by atoms with Crippen molar-refractivity contribution in [2.45, 2.75) is 27.2 Å². The number of halogens is 1. The number of hydrogen-bond acceptors (Lipinski definition) is 2. The summed E-state index contributed by atoms with van der Waals surface area (Å²) in [4.78, 5) is 15.6. The number of aromatic nitrogens is 1. The zero-order chi connectivity index (χ0) is 11.4. The van der Waals surface area contributed by atoms with Crippen LogP contribution in [0.5, 0.6) is 0 Å². The Bertz CT molecular complexity index is 364. The number of pyridine rings is 1. The van der Waals surface area contributed by atoms with Gasteiger partial charge in [-0.25, -0.2) is 4.98 Å². The van der Waals surface area contributed by atoms with Crippen LogP contribution in [-0.4, -0.2) is 10.9 Å². The molecule has 0 aliphatic rings. The summed E-state index contributed by atoms with van der Waals surface area (Å²) in [5, 5.41) is 3.34. The molecule has 0 radical (unpaired) electrons. The largest absolute Gasteiger partial charge is 0.311 e. The number of hydrogen-bond donors (Lipinski definition) is 1. The molecule has 1 N–H and O–H groups in total. The number of amides is 1. The highest BCUT2D eigenvalue weighted by Crippen LogP contribution is 2.15. The highest BCUT2D eigenvalue weighted by atomic mass is 35.5. The Morgan fingerprint density at radius 3 is 2.73 bits per heavy atom. The molecule has 1 amide bonds. The van der Waals surface area contributed by atoms with Crippen LogP contribution in [0.1, 0.15) is 26.0 Å². The van der Waals surface area contributed by atoms with Crippen LogP contribution < -0.4 is 5.32 Å². The Kier molecular flexibility index (Phi) is 4.09. The minimum atomic E-state index is -0.0146. The Labute approximate surface area is 94.9 Å². The minimum Gasteiger partial charge on any atom is -0.311 e. The molecule has 0 spiro atoms. The summed E-state index contributed by atoms with van der Waals surface area (Å²) in [6, 6.07) is 3.43. The molecule has 1 aromatic heterocycles. The van der Waals surface area contributed by atoms with E-state index in [0.717, 1.165) is 5.69 Å². The minimum absolute atomic E-state index is 0.0146. The summed E-state index contributed by atoms with van der Waals surface area (Å²) in [5.41, 5.74) is 0.721. The van der Waals surface area contributed by atoms with Crippen LogP contribution in [0.25, 0.3) is 0 Å². The van der Waals surface area contributed by atoms with E-state index in [4.69, 9.17) is 11.6 Å². The molecule has 1 rings (SSSR count). The average Bonchev–Trinajstić information content (AvgIpc) is 2.10. The van der Waals surface area contributed by atoms with Gasteiger partial charge in [-0.3, -0.25) is 4.79 Å². The number of carbonyl (C=O) groups excluding carboxylic acids is 1. The van der Waals surface area contributed by atoms with Crippen molar-refractivity contribution in [2.75, 3.05) is 5.32 Å². The summed E-state index contributed by atoms with van der Waals surface area (Å²) in [7, 11) is 0. The second-order valence-corrected chi connectivity index (χ2v) is 4.32. The van der Waals surface area contributed by atoms with Crippen molar-refractivity contribution in [3.05, 3.63) is 22.8 Å². The van der Waals surface area contributed by atoms with E-state index < -0.39 is 0 Å². The third kappa shape index (κ3) is 3.88. The first kappa shape index (κ1) is 12.0. The van der Waals surface area contributed by atoms with Gasteiger partial charge in [0.1, 0.15) is 5.82 Å². The van der Waals surface area contributed by atoms with Gasteiger partial charge in [0, 0.05) is 6.42 Å². The second kappa shape index (κ2) is 5.12. The summed E-state index contributed by atoms with van der Waals surface area (Å²) in [6.07, 6.45) is 0.503. The normalized spacial score (nSPS) is 10.5. The van der Waals surface area contributed by atoms with Gasteiger partial charge in [0.15, 0.2) is 0 Å². The lowest BCUT2D eigenvalue weighted by Gasteiger charge is -2.07. The SMILES string of the molecule is Cc1nc(NC(=O)CC(C)C)ccc1Cl. The van der Waals surface area contributed by atoms with Crippen LogP contribution in [0.15, 0.2) is 12.1 Å². The Morgan fingerprint density at radius 2 is 2.20 bits per heavy atom. The van der Waals surface area contributed by atoms with Crippen molar-refractivity contribution in [1.82, 2.24) is 4.98 Å². The van der Waals surface area contributed by atoms with Gasteiger partial charge in [-0.15, -0.1) is 0 Å². The zero-order valence-electron chi connectivity index (χ0n) is 9.17. The third-order valence-corrected chi connectivity index (χ3v) is 2.28. The smallest absolute Gasteiger partial charge is 0.225 e. The van der Waals surface area contributed by atoms with Gasteiger partial charge in [-0.1, -0.05) is 25.4 Å². The Hall–Kier alpha value is -1.09. The maximum atomic E-state index is 11.4. The molecular formula is C11H15ClN2O. The molecule has 15 heavy (non-hydrogen) atoms. The van der Waals surface area contributed by atoms with Crippen LogP contribution in [0, 0.1) is 12.8 Å². The van der Waals surface area contributed by atoms with Crippen LogP contribution >= 0.6 is 11.6 Å². The molecule has 0 aliphatic heterocycles. The molecule has 82 valence electrons. The van der Waals surface area contributed by atoms with Crippen LogP contribution in [0.2, 0.25) is 5.02 Å². The third-order valence-electron chi connectivity index (χ3n) is 1.88. The van der Waals surface area contributed by atoms with E-state index in [2.05, 4.69) is 10.3 Å². The van der Waals surface area contributed by atoms with Crippen molar-refractivity contribution in [3.8, 4) is 0 Å². The first-order valence-electron chi connectivity index (χ1n) is 4.92. The molecule has 0 saturated carbocycles. The highest BCUT2D eigenvalue weighted by Gasteiger charge is 2.06. The molecular weight excluding hydrogens is 212 g/mol. The van der Waals surface area contributed by atoms with E-state index in [9.17, 15) is 4.79 Å². The predicted octanol–water partition coefficient (Wildman–Crippen LogP) is 3.03. The van der Waals surface area contributed by atoms with Gasteiger partial charge in [-0.2, -0.15) is 0 Å². The van der Waals surface area contributed by atoms with Crippen molar-refractivity contribution < 1.29 is 4.79 Å². The van der Waals surface area contributed by atoms with Crippen LogP contribution in [0.3, 0.4) is 0 Å². The van der Waals surface area contributed by atoms with Gasteiger partial charge in [0.05, 0.1) is 10.7 Å². The lowest BCUT2D eigenvalue weighted by Crippen LogP contribution is -2.14.